The molecule has 1 saturated heterocycles. The van der Waals surface area contributed by atoms with Crippen LogP contribution in [0.1, 0.15) is 60.1 Å². The molecule has 2 aliphatic heterocycles. The van der Waals surface area contributed by atoms with Gasteiger partial charge in [0.25, 0.3) is 0 Å². The summed E-state index contributed by atoms with van der Waals surface area (Å²) >= 11 is 0. The van der Waals surface area contributed by atoms with E-state index >= 15 is 0 Å². The van der Waals surface area contributed by atoms with Gasteiger partial charge in [0.2, 0.25) is 0 Å². The molecular formula is C32H34N2O4Si. The van der Waals surface area contributed by atoms with Crippen LogP contribution in [0.3, 0.4) is 0 Å². The fourth-order valence-corrected chi connectivity index (χ4v) is 13.3. The van der Waals surface area contributed by atoms with Crippen molar-refractivity contribution in [1.82, 2.24) is 9.13 Å². The summed E-state index contributed by atoms with van der Waals surface area (Å²) in [6, 6.07) is 25.7. The predicted octanol–water partition coefficient (Wildman–Crippen LogP) is 4.94. The highest BCUT2D eigenvalue weighted by Gasteiger charge is 2.69. The quantitative estimate of drug-likeness (QED) is 0.144. The third kappa shape index (κ3) is 3.56. The third-order valence-corrected chi connectivity index (χ3v) is 14.4. The molecule has 3 atom stereocenters. The van der Waals surface area contributed by atoms with Crippen LogP contribution in [-0.4, -0.2) is 49.4 Å². The van der Waals surface area contributed by atoms with Crippen molar-refractivity contribution in [3.05, 3.63) is 89.6 Å². The topological polar surface area (TPSA) is 60.5 Å². The number of hydrogen-bond donors (Lipinski definition) is 0. The highest BCUT2D eigenvalue weighted by Crippen LogP contribution is 2.60. The second-order valence-corrected chi connectivity index (χ2v) is 16.0. The lowest BCUT2D eigenvalue weighted by atomic mass is 10.1. The van der Waals surface area contributed by atoms with Crippen LogP contribution in [0, 0.1) is 0 Å². The van der Waals surface area contributed by atoms with Crippen molar-refractivity contribution >= 4 is 41.8 Å². The lowest BCUT2D eigenvalue weighted by molar-refractivity contribution is 0.0526. The highest BCUT2D eigenvalue weighted by atomic mass is 28.3. The van der Waals surface area contributed by atoms with Crippen molar-refractivity contribution in [1.29, 1.82) is 0 Å². The van der Waals surface area contributed by atoms with Crippen LogP contribution in [0.5, 0.6) is 5.75 Å². The molecule has 6 nitrogen and oxygen atoms in total. The number of carbonyl (C=O) groups is 2. The molecule has 3 heterocycles. The molecule has 2 aliphatic rings. The van der Waals surface area contributed by atoms with Crippen LogP contribution in [0.2, 0.25) is 5.04 Å². The Kier molecular flexibility index (Phi) is 6.04. The average Bonchev–Trinajstić information content (AvgIpc) is 3.32. The van der Waals surface area contributed by atoms with Gasteiger partial charge in [-0.3, -0.25) is 4.79 Å². The largest absolute Gasteiger partial charge is 0.496 e. The maximum atomic E-state index is 13.6. The summed E-state index contributed by atoms with van der Waals surface area (Å²) in [4.78, 5) is 25.4. The van der Waals surface area contributed by atoms with Gasteiger partial charge >= 0.3 is 5.97 Å². The van der Waals surface area contributed by atoms with E-state index in [1.54, 1.807) is 13.2 Å². The Morgan fingerprint density at radius 2 is 1.64 bits per heavy atom. The number of nitrogens with zero attached hydrogens (tertiary/aromatic N) is 2. The molecule has 1 unspecified atom stereocenters. The number of carbonyl (C=O) groups excluding carboxylic acids is 2. The number of methoxy groups -OCH3 is 1. The first-order valence-corrected chi connectivity index (χ1v) is 15.5. The van der Waals surface area contributed by atoms with Crippen molar-refractivity contribution in [2.24, 2.45) is 0 Å². The Labute approximate surface area is 230 Å². The average molecular weight is 539 g/mol. The van der Waals surface area contributed by atoms with E-state index in [0.717, 1.165) is 29.4 Å². The molecular weight excluding hydrogens is 504 g/mol. The number of ether oxygens (including phenoxy) is 2. The zero-order valence-corrected chi connectivity index (χ0v) is 24.1. The minimum absolute atomic E-state index is 0.0522. The second kappa shape index (κ2) is 9.21. The van der Waals surface area contributed by atoms with Gasteiger partial charge in [0.05, 0.1) is 41.9 Å². The number of esters is 1. The van der Waals surface area contributed by atoms with Crippen LogP contribution >= 0.6 is 0 Å². The van der Waals surface area contributed by atoms with E-state index in [1.165, 1.54) is 10.4 Å². The summed E-state index contributed by atoms with van der Waals surface area (Å²) in [5.74, 6) is 0.178. The SMILES string of the molecule is CCOC(=O)c1c2n(c3cc(C=O)cc(OC)c13)C[C@H]1[C@@H]2N1[Si](c1ccccc1)(c1ccccc1)C(C)(C)C. The Morgan fingerprint density at radius 3 is 2.15 bits per heavy atom. The number of benzene rings is 3. The molecule has 4 aromatic rings. The number of hydrogen-bond acceptors (Lipinski definition) is 5. The molecule has 200 valence electrons. The van der Waals surface area contributed by atoms with Gasteiger partial charge in [-0.25, -0.2) is 4.79 Å². The number of aldehydes is 1. The highest BCUT2D eigenvalue weighted by molar-refractivity contribution is 7.02. The monoisotopic (exact) mass is 538 g/mol. The first-order chi connectivity index (χ1) is 18.8. The molecule has 39 heavy (non-hydrogen) atoms. The molecule has 0 amide bonds. The van der Waals surface area contributed by atoms with Gasteiger partial charge in [0.15, 0.2) is 8.24 Å². The predicted molar refractivity (Wildman–Crippen MR) is 156 cm³/mol. The van der Waals surface area contributed by atoms with Crippen molar-refractivity contribution < 1.29 is 19.1 Å². The molecule has 7 heteroatoms. The van der Waals surface area contributed by atoms with Crippen molar-refractivity contribution in [2.45, 2.75) is 51.4 Å². The first kappa shape index (κ1) is 25.6. The van der Waals surface area contributed by atoms with Gasteiger partial charge in [-0.1, -0.05) is 81.4 Å². The van der Waals surface area contributed by atoms with E-state index in [2.05, 4.69) is 90.6 Å². The van der Waals surface area contributed by atoms with E-state index in [1.807, 2.05) is 13.0 Å². The van der Waals surface area contributed by atoms with Gasteiger partial charge in [-0.05, 0) is 34.5 Å². The van der Waals surface area contributed by atoms with Crippen molar-refractivity contribution in [3.8, 4) is 5.75 Å². The normalized spacial score (nSPS) is 19.9. The lowest BCUT2D eigenvalue weighted by Crippen LogP contribution is -2.70. The van der Waals surface area contributed by atoms with Gasteiger partial charge in [0.1, 0.15) is 12.0 Å². The van der Waals surface area contributed by atoms with Gasteiger partial charge < -0.3 is 18.6 Å². The summed E-state index contributed by atoms with van der Waals surface area (Å²) in [6.07, 6.45) is 0.830. The zero-order chi connectivity index (χ0) is 27.5. The van der Waals surface area contributed by atoms with E-state index < -0.39 is 8.24 Å². The Balaban J connectivity index is 1.62. The summed E-state index contributed by atoms with van der Waals surface area (Å²) in [6.45, 7) is 9.92. The molecule has 1 fully saturated rings. The van der Waals surface area contributed by atoms with Gasteiger partial charge in [-0.15, -0.1) is 0 Å². The van der Waals surface area contributed by atoms with Crippen LogP contribution in [0.15, 0.2) is 72.8 Å². The Hall–Kier alpha value is -3.68. The standard InChI is InChI=1S/C32H34N2O4Si/c1-6-38-31(36)28-27-24(17-21(20-35)18-26(27)37-5)33-19-25-29(30(28)33)34(25)39(32(2,3)4,22-13-9-7-10-14-22)23-15-11-8-12-16-23/h7-18,20,25,29H,6,19H2,1-5H3/t25-,29-,34?/m0/s1. The number of fused-ring (bicyclic) bond motifs is 5. The molecule has 6 rings (SSSR count). The number of aromatic nitrogens is 1. The van der Waals surface area contributed by atoms with Crippen molar-refractivity contribution in [2.75, 3.05) is 13.7 Å². The van der Waals surface area contributed by atoms with E-state index in [-0.39, 0.29) is 29.7 Å². The molecule has 0 radical (unpaired) electrons. The third-order valence-electron chi connectivity index (χ3n) is 8.46. The molecule has 0 aliphatic carbocycles. The van der Waals surface area contributed by atoms with Gasteiger partial charge in [-0.2, -0.15) is 0 Å². The number of rotatable bonds is 7. The summed E-state index contributed by atoms with van der Waals surface area (Å²) in [5, 5.41) is 3.39. The molecule has 0 N–H and O–H groups in total. The van der Waals surface area contributed by atoms with Crippen LogP contribution in [0.4, 0.5) is 0 Å². The van der Waals surface area contributed by atoms with Crippen molar-refractivity contribution in [3.63, 3.8) is 0 Å². The first-order valence-electron chi connectivity index (χ1n) is 13.6. The minimum atomic E-state index is -2.56. The molecule has 0 saturated carbocycles. The molecule has 1 aromatic heterocycles. The Morgan fingerprint density at radius 1 is 1.03 bits per heavy atom. The fraction of sp³-hybridized carbons (Fsp3) is 0.312. The van der Waals surface area contributed by atoms with E-state index in [4.69, 9.17) is 9.47 Å². The maximum Gasteiger partial charge on any atom is 0.340 e. The van der Waals surface area contributed by atoms with E-state index in [9.17, 15) is 9.59 Å². The summed E-state index contributed by atoms with van der Waals surface area (Å²) < 4.78 is 16.3. The van der Waals surface area contributed by atoms with E-state index in [0.29, 0.717) is 16.9 Å². The minimum Gasteiger partial charge on any atom is -0.496 e. The fourth-order valence-electron chi connectivity index (χ4n) is 7.12. The van der Waals surface area contributed by atoms with Gasteiger partial charge in [0, 0.05) is 18.2 Å². The van der Waals surface area contributed by atoms with Crippen LogP contribution in [0.25, 0.3) is 10.9 Å². The van der Waals surface area contributed by atoms with Crippen LogP contribution in [-0.2, 0) is 11.3 Å². The Bertz CT molecular complexity index is 1530. The maximum absolute atomic E-state index is 13.6. The summed E-state index contributed by atoms with van der Waals surface area (Å²) in [5.41, 5.74) is 2.92. The summed E-state index contributed by atoms with van der Waals surface area (Å²) in [7, 11) is -0.985. The molecule has 0 bridgehead atoms. The molecule has 3 aromatic carbocycles. The second-order valence-electron chi connectivity index (χ2n) is 11.4. The lowest BCUT2D eigenvalue weighted by Gasteiger charge is -2.46. The molecule has 0 spiro atoms. The zero-order valence-electron chi connectivity index (χ0n) is 23.1. The smallest absolute Gasteiger partial charge is 0.340 e. The van der Waals surface area contributed by atoms with Crippen LogP contribution < -0.4 is 15.1 Å².